The van der Waals surface area contributed by atoms with Crippen LogP contribution in [-0.2, 0) is 10.0 Å². The number of nitrogens with one attached hydrogen (secondary N) is 1. The van der Waals surface area contributed by atoms with E-state index < -0.39 is 10.0 Å². The Morgan fingerprint density at radius 1 is 1.20 bits per heavy atom. The zero-order valence-corrected chi connectivity index (χ0v) is 11.9. The lowest BCUT2D eigenvalue weighted by Crippen LogP contribution is -2.43. The van der Waals surface area contributed by atoms with E-state index in [1.54, 1.807) is 16.4 Å². The van der Waals surface area contributed by atoms with E-state index in [-0.39, 0.29) is 4.90 Å². The maximum absolute atomic E-state index is 12.6. The molecule has 3 rings (SSSR count). The lowest BCUT2D eigenvalue weighted by Gasteiger charge is -2.33. The third kappa shape index (κ3) is 2.33. The van der Waals surface area contributed by atoms with Crippen molar-refractivity contribution < 1.29 is 8.42 Å². The average molecular weight is 291 g/mol. The molecule has 106 valence electrons. The van der Waals surface area contributed by atoms with Crippen molar-refractivity contribution in [2.75, 3.05) is 26.2 Å². The van der Waals surface area contributed by atoms with E-state index in [0.29, 0.717) is 30.5 Å². The fourth-order valence-electron chi connectivity index (χ4n) is 3.07. The zero-order chi connectivity index (χ0) is 14.2. The summed E-state index contributed by atoms with van der Waals surface area (Å²) in [5.74, 6) is 1.04. The van der Waals surface area contributed by atoms with Crippen molar-refractivity contribution >= 4 is 10.0 Å². The number of fused-ring (bicyclic) bond motifs is 1. The molecule has 1 N–H and O–H groups in total. The molecule has 0 aromatic heterocycles. The fraction of sp³-hybridized carbons (Fsp3) is 0.500. The van der Waals surface area contributed by atoms with Gasteiger partial charge >= 0.3 is 0 Å². The van der Waals surface area contributed by atoms with Crippen LogP contribution in [0, 0.1) is 23.2 Å². The van der Waals surface area contributed by atoms with Gasteiger partial charge in [0.1, 0.15) is 0 Å². The van der Waals surface area contributed by atoms with Crippen molar-refractivity contribution in [3.63, 3.8) is 0 Å². The molecule has 6 heteroatoms. The van der Waals surface area contributed by atoms with Gasteiger partial charge in [-0.1, -0.05) is 0 Å². The number of hydrogen-bond donors (Lipinski definition) is 1. The molecule has 2 atom stereocenters. The third-order valence-corrected chi connectivity index (χ3v) is 6.17. The molecule has 2 aliphatic heterocycles. The molecule has 1 aromatic rings. The number of nitrogens with zero attached hydrogens (tertiary/aromatic N) is 2. The van der Waals surface area contributed by atoms with Crippen LogP contribution in [-0.4, -0.2) is 38.9 Å². The number of sulfonamides is 1. The topological polar surface area (TPSA) is 73.2 Å². The Morgan fingerprint density at radius 2 is 1.90 bits per heavy atom. The summed E-state index contributed by atoms with van der Waals surface area (Å²) in [4.78, 5) is 0.279. The van der Waals surface area contributed by atoms with E-state index in [4.69, 9.17) is 5.26 Å². The summed E-state index contributed by atoms with van der Waals surface area (Å²) in [6.45, 7) is 3.10. The number of hydrogen-bond acceptors (Lipinski definition) is 4. The Hall–Kier alpha value is -1.42. The number of benzene rings is 1. The molecule has 1 aromatic carbocycles. The normalized spacial score (nSPS) is 26.9. The van der Waals surface area contributed by atoms with Crippen LogP contribution in [0.15, 0.2) is 29.2 Å². The van der Waals surface area contributed by atoms with Gasteiger partial charge in [0.05, 0.1) is 16.5 Å². The predicted molar refractivity (Wildman–Crippen MR) is 74.4 cm³/mol. The van der Waals surface area contributed by atoms with Gasteiger partial charge in [0.2, 0.25) is 10.0 Å². The molecule has 0 bridgehead atoms. The van der Waals surface area contributed by atoms with Crippen molar-refractivity contribution in [2.45, 2.75) is 11.3 Å². The standard InChI is InChI=1S/C14H17N3O2S/c15-7-11-1-3-14(4-2-11)20(18,19)17-6-5-12-8-16-9-13(12)10-17/h1-4,12-13,16H,5-6,8-10H2. The van der Waals surface area contributed by atoms with E-state index in [1.165, 1.54) is 12.1 Å². The summed E-state index contributed by atoms with van der Waals surface area (Å²) in [7, 11) is -3.43. The van der Waals surface area contributed by atoms with Gasteiger partial charge in [-0.25, -0.2) is 8.42 Å². The molecular formula is C14H17N3O2S. The highest BCUT2D eigenvalue weighted by Crippen LogP contribution is 2.30. The first-order valence-electron chi connectivity index (χ1n) is 6.82. The summed E-state index contributed by atoms with van der Waals surface area (Å²) in [5, 5.41) is 12.1. The van der Waals surface area contributed by atoms with Crippen LogP contribution in [0.25, 0.3) is 0 Å². The first-order valence-corrected chi connectivity index (χ1v) is 8.26. The molecule has 5 nitrogen and oxygen atoms in total. The fourth-order valence-corrected chi connectivity index (χ4v) is 4.58. The molecule has 0 saturated carbocycles. The maximum Gasteiger partial charge on any atom is 0.243 e. The molecule has 2 saturated heterocycles. The van der Waals surface area contributed by atoms with E-state index >= 15 is 0 Å². The minimum absolute atomic E-state index is 0.279. The van der Waals surface area contributed by atoms with Gasteiger partial charge in [-0.05, 0) is 55.6 Å². The first kappa shape index (κ1) is 13.6. The van der Waals surface area contributed by atoms with Crippen LogP contribution in [0.4, 0.5) is 0 Å². The molecule has 0 amide bonds. The number of rotatable bonds is 2. The van der Waals surface area contributed by atoms with E-state index in [0.717, 1.165) is 19.5 Å². The maximum atomic E-state index is 12.6. The predicted octanol–water partition coefficient (Wildman–Crippen LogP) is 0.788. The van der Waals surface area contributed by atoms with Crippen molar-refractivity contribution in [2.24, 2.45) is 11.8 Å². The molecule has 2 heterocycles. The summed E-state index contributed by atoms with van der Waals surface area (Å²) >= 11 is 0. The highest BCUT2D eigenvalue weighted by molar-refractivity contribution is 7.89. The summed E-state index contributed by atoms with van der Waals surface area (Å²) in [6, 6.07) is 8.14. The van der Waals surface area contributed by atoms with Gasteiger partial charge in [0.25, 0.3) is 0 Å². The Bertz CT molecular complexity index is 633. The third-order valence-electron chi connectivity index (χ3n) is 4.29. The average Bonchev–Trinajstić information content (AvgIpc) is 2.94. The van der Waals surface area contributed by atoms with Gasteiger partial charge < -0.3 is 5.32 Å². The highest BCUT2D eigenvalue weighted by atomic mass is 32.2. The van der Waals surface area contributed by atoms with Crippen LogP contribution >= 0.6 is 0 Å². The molecule has 2 aliphatic rings. The largest absolute Gasteiger partial charge is 0.316 e. The Labute approximate surface area is 119 Å². The minimum Gasteiger partial charge on any atom is -0.316 e. The van der Waals surface area contributed by atoms with E-state index in [2.05, 4.69) is 5.32 Å². The van der Waals surface area contributed by atoms with E-state index in [9.17, 15) is 8.42 Å². The van der Waals surface area contributed by atoms with Gasteiger partial charge in [0, 0.05) is 13.1 Å². The smallest absolute Gasteiger partial charge is 0.243 e. The summed E-state index contributed by atoms with van der Waals surface area (Å²) < 4.78 is 26.8. The van der Waals surface area contributed by atoms with Gasteiger partial charge in [-0.2, -0.15) is 9.57 Å². The molecule has 2 unspecified atom stereocenters. The van der Waals surface area contributed by atoms with Crippen molar-refractivity contribution in [3.8, 4) is 6.07 Å². The zero-order valence-electron chi connectivity index (χ0n) is 11.1. The summed E-state index contributed by atoms with van der Waals surface area (Å²) in [6.07, 6.45) is 0.924. The first-order chi connectivity index (χ1) is 9.61. The van der Waals surface area contributed by atoms with Gasteiger partial charge in [0.15, 0.2) is 0 Å². The molecule has 0 radical (unpaired) electrons. The van der Waals surface area contributed by atoms with Crippen LogP contribution in [0.1, 0.15) is 12.0 Å². The second kappa shape index (κ2) is 5.17. The Morgan fingerprint density at radius 3 is 2.60 bits per heavy atom. The SMILES string of the molecule is N#Cc1ccc(S(=O)(=O)N2CCC3CNCC3C2)cc1. The van der Waals surface area contributed by atoms with Crippen LogP contribution in [0.2, 0.25) is 0 Å². The van der Waals surface area contributed by atoms with E-state index in [1.807, 2.05) is 6.07 Å². The number of piperidine rings is 1. The second-order valence-corrected chi connectivity index (χ2v) is 7.40. The lowest BCUT2D eigenvalue weighted by molar-refractivity contribution is 0.228. The molecular weight excluding hydrogens is 274 g/mol. The molecule has 20 heavy (non-hydrogen) atoms. The molecule has 2 fully saturated rings. The van der Waals surface area contributed by atoms with Gasteiger partial charge in [-0.15, -0.1) is 0 Å². The lowest BCUT2D eigenvalue weighted by atomic mass is 9.90. The van der Waals surface area contributed by atoms with Crippen molar-refractivity contribution in [1.29, 1.82) is 5.26 Å². The van der Waals surface area contributed by atoms with Crippen LogP contribution in [0.3, 0.4) is 0 Å². The Balaban J connectivity index is 1.82. The quantitative estimate of drug-likeness (QED) is 0.874. The second-order valence-electron chi connectivity index (χ2n) is 5.47. The highest BCUT2D eigenvalue weighted by Gasteiger charge is 2.37. The number of nitriles is 1. The van der Waals surface area contributed by atoms with Crippen molar-refractivity contribution in [3.05, 3.63) is 29.8 Å². The van der Waals surface area contributed by atoms with Crippen LogP contribution in [0.5, 0.6) is 0 Å². The van der Waals surface area contributed by atoms with Crippen LogP contribution < -0.4 is 5.32 Å². The van der Waals surface area contributed by atoms with Gasteiger partial charge in [-0.3, -0.25) is 0 Å². The van der Waals surface area contributed by atoms with Crippen molar-refractivity contribution in [1.82, 2.24) is 9.62 Å². The summed E-state index contributed by atoms with van der Waals surface area (Å²) in [5.41, 5.74) is 0.475. The Kier molecular flexibility index (Phi) is 3.50. The monoisotopic (exact) mass is 291 g/mol. The molecule has 0 spiro atoms. The minimum atomic E-state index is -3.43. The molecule has 0 aliphatic carbocycles.